The van der Waals surface area contributed by atoms with E-state index in [0.717, 1.165) is 17.8 Å². The van der Waals surface area contributed by atoms with Crippen molar-refractivity contribution in [3.05, 3.63) is 84.1 Å². The Morgan fingerprint density at radius 1 is 1.00 bits per heavy atom. The number of aryl methyl sites for hydroxylation is 1. The third-order valence-corrected chi connectivity index (χ3v) is 5.79. The van der Waals surface area contributed by atoms with Crippen LogP contribution in [0.25, 0.3) is 0 Å². The fraction of sp³-hybridized carbons (Fsp3) is 0.227. The number of hydrogen-bond donors (Lipinski definition) is 1. The number of rotatable bonds is 7. The molecule has 0 amide bonds. The molecule has 6 heteroatoms. The van der Waals surface area contributed by atoms with Crippen LogP contribution in [-0.2, 0) is 16.6 Å². The standard InChI is InChI=1S/C22H25N3O2S/c1-17(2)25(16-19-9-5-4-6-10-19)20-12-13-22(23-15-20)24-28(26,27)21-11-7-8-18(3)14-21/h4-15,17H,16H2,1-3H3,(H,23,24). The zero-order chi connectivity index (χ0) is 20.1. The fourth-order valence-corrected chi connectivity index (χ4v) is 4.06. The number of anilines is 2. The second kappa shape index (κ2) is 8.44. The van der Waals surface area contributed by atoms with Crippen LogP contribution >= 0.6 is 0 Å². The van der Waals surface area contributed by atoms with Crippen molar-refractivity contribution in [1.29, 1.82) is 0 Å². The largest absolute Gasteiger partial charge is 0.364 e. The molecule has 0 saturated carbocycles. The van der Waals surface area contributed by atoms with Crippen molar-refractivity contribution in [2.45, 2.75) is 38.3 Å². The van der Waals surface area contributed by atoms with Gasteiger partial charge in [-0.25, -0.2) is 13.4 Å². The van der Waals surface area contributed by atoms with Crippen LogP contribution in [-0.4, -0.2) is 19.4 Å². The van der Waals surface area contributed by atoms with Gasteiger partial charge in [0.25, 0.3) is 10.0 Å². The summed E-state index contributed by atoms with van der Waals surface area (Å²) in [6, 6.07) is 20.9. The molecular formula is C22H25N3O2S. The molecule has 0 saturated heterocycles. The van der Waals surface area contributed by atoms with Crippen molar-refractivity contribution in [3.63, 3.8) is 0 Å². The molecule has 0 fully saturated rings. The first-order valence-electron chi connectivity index (χ1n) is 9.21. The lowest BCUT2D eigenvalue weighted by molar-refractivity contribution is 0.601. The van der Waals surface area contributed by atoms with Gasteiger partial charge in [0, 0.05) is 12.6 Å². The molecule has 0 aliphatic carbocycles. The summed E-state index contributed by atoms with van der Waals surface area (Å²) >= 11 is 0. The second-order valence-corrected chi connectivity index (χ2v) is 8.71. The van der Waals surface area contributed by atoms with E-state index in [2.05, 4.69) is 40.6 Å². The van der Waals surface area contributed by atoms with Crippen molar-refractivity contribution in [3.8, 4) is 0 Å². The number of nitrogens with zero attached hydrogens (tertiary/aromatic N) is 2. The van der Waals surface area contributed by atoms with Crippen molar-refractivity contribution in [2.75, 3.05) is 9.62 Å². The highest BCUT2D eigenvalue weighted by atomic mass is 32.2. The van der Waals surface area contributed by atoms with E-state index >= 15 is 0 Å². The van der Waals surface area contributed by atoms with Gasteiger partial charge in [-0.1, -0.05) is 42.5 Å². The first-order chi connectivity index (χ1) is 13.3. The van der Waals surface area contributed by atoms with Gasteiger partial charge >= 0.3 is 0 Å². The zero-order valence-electron chi connectivity index (χ0n) is 16.3. The van der Waals surface area contributed by atoms with Crippen LogP contribution in [0.3, 0.4) is 0 Å². The first-order valence-corrected chi connectivity index (χ1v) is 10.7. The Morgan fingerprint density at radius 2 is 1.75 bits per heavy atom. The molecule has 0 radical (unpaired) electrons. The summed E-state index contributed by atoms with van der Waals surface area (Å²) in [6.07, 6.45) is 1.71. The molecule has 0 unspecified atom stereocenters. The minimum absolute atomic E-state index is 0.228. The summed E-state index contributed by atoms with van der Waals surface area (Å²) in [5.74, 6) is 0.300. The maximum Gasteiger partial charge on any atom is 0.263 e. The van der Waals surface area contributed by atoms with E-state index in [9.17, 15) is 8.42 Å². The van der Waals surface area contributed by atoms with Gasteiger partial charge in [-0.2, -0.15) is 0 Å². The molecule has 1 heterocycles. The minimum atomic E-state index is -3.66. The van der Waals surface area contributed by atoms with Crippen LogP contribution in [0.5, 0.6) is 0 Å². The third kappa shape index (κ3) is 4.89. The van der Waals surface area contributed by atoms with E-state index in [0.29, 0.717) is 5.82 Å². The highest BCUT2D eigenvalue weighted by molar-refractivity contribution is 7.92. The Bertz CT molecular complexity index is 1020. The SMILES string of the molecule is Cc1cccc(S(=O)(=O)Nc2ccc(N(Cc3ccccc3)C(C)C)cn2)c1. The van der Waals surface area contributed by atoms with Crippen molar-refractivity contribution >= 4 is 21.5 Å². The monoisotopic (exact) mass is 395 g/mol. The number of nitrogens with one attached hydrogen (secondary N) is 1. The Kier molecular flexibility index (Phi) is 5.99. The highest BCUT2D eigenvalue weighted by Gasteiger charge is 2.16. The van der Waals surface area contributed by atoms with Gasteiger partial charge in [0.15, 0.2) is 0 Å². The Labute approximate surface area is 167 Å². The first kappa shape index (κ1) is 19.9. The summed E-state index contributed by atoms with van der Waals surface area (Å²) in [6.45, 7) is 6.86. The van der Waals surface area contributed by atoms with Gasteiger partial charge in [-0.15, -0.1) is 0 Å². The lowest BCUT2D eigenvalue weighted by atomic mass is 10.1. The smallest absolute Gasteiger partial charge is 0.263 e. The molecule has 5 nitrogen and oxygen atoms in total. The van der Waals surface area contributed by atoms with Gasteiger partial charge in [0.1, 0.15) is 5.82 Å². The van der Waals surface area contributed by atoms with Gasteiger partial charge < -0.3 is 4.90 Å². The van der Waals surface area contributed by atoms with Crippen LogP contribution in [0.2, 0.25) is 0 Å². The summed E-state index contributed by atoms with van der Waals surface area (Å²) in [5.41, 5.74) is 3.04. The molecule has 1 N–H and O–H groups in total. The highest BCUT2D eigenvalue weighted by Crippen LogP contribution is 2.22. The van der Waals surface area contributed by atoms with Crippen LogP contribution in [0.1, 0.15) is 25.0 Å². The molecular weight excluding hydrogens is 370 g/mol. The molecule has 3 rings (SSSR count). The zero-order valence-corrected chi connectivity index (χ0v) is 17.1. The molecule has 146 valence electrons. The molecule has 0 bridgehead atoms. The van der Waals surface area contributed by atoms with Crippen molar-refractivity contribution in [1.82, 2.24) is 4.98 Å². The van der Waals surface area contributed by atoms with Gasteiger partial charge in [-0.3, -0.25) is 4.72 Å². The topological polar surface area (TPSA) is 62.3 Å². The molecule has 3 aromatic rings. The maximum absolute atomic E-state index is 12.6. The summed E-state index contributed by atoms with van der Waals surface area (Å²) in [7, 11) is -3.66. The van der Waals surface area contributed by atoms with Crippen LogP contribution in [0, 0.1) is 6.92 Å². The Morgan fingerprint density at radius 3 is 2.36 bits per heavy atom. The molecule has 0 atom stereocenters. The van der Waals surface area contributed by atoms with E-state index < -0.39 is 10.0 Å². The van der Waals surface area contributed by atoms with E-state index in [1.54, 1.807) is 30.5 Å². The van der Waals surface area contributed by atoms with Crippen molar-refractivity contribution < 1.29 is 8.42 Å². The molecule has 0 spiro atoms. The van der Waals surface area contributed by atoms with Gasteiger partial charge in [0.05, 0.1) is 16.8 Å². The van der Waals surface area contributed by atoms with Gasteiger partial charge in [-0.05, 0) is 56.2 Å². The number of hydrogen-bond acceptors (Lipinski definition) is 4. The molecule has 0 aliphatic rings. The average molecular weight is 396 g/mol. The number of benzene rings is 2. The van der Waals surface area contributed by atoms with E-state index in [-0.39, 0.29) is 10.9 Å². The lowest BCUT2D eigenvalue weighted by Crippen LogP contribution is -2.30. The third-order valence-electron chi connectivity index (χ3n) is 4.44. The van der Waals surface area contributed by atoms with Crippen LogP contribution in [0.4, 0.5) is 11.5 Å². The van der Waals surface area contributed by atoms with E-state index in [1.165, 1.54) is 5.56 Å². The van der Waals surface area contributed by atoms with E-state index in [4.69, 9.17) is 0 Å². The lowest BCUT2D eigenvalue weighted by Gasteiger charge is -2.29. The minimum Gasteiger partial charge on any atom is -0.364 e. The van der Waals surface area contributed by atoms with Crippen molar-refractivity contribution in [2.24, 2.45) is 0 Å². The fourth-order valence-electron chi connectivity index (χ4n) is 2.95. The molecule has 1 aromatic heterocycles. The summed E-state index contributed by atoms with van der Waals surface area (Å²) in [4.78, 5) is 6.78. The summed E-state index contributed by atoms with van der Waals surface area (Å²) < 4.78 is 27.7. The molecule has 2 aromatic carbocycles. The molecule has 0 aliphatic heterocycles. The number of sulfonamides is 1. The number of aromatic nitrogens is 1. The average Bonchev–Trinajstić information content (AvgIpc) is 2.67. The summed E-state index contributed by atoms with van der Waals surface area (Å²) in [5, 5.41) is 0. The number of pyridine rings is 1. The quantitative estimate of drug-likeness (QED) is 0.635. The predicted molar refractivity (Wildman–Crippen MR) is 114 cm³/mol. The Balaban J connectivity index is 1.78. The van der Waals surface area contributed by atoms with Crippen LogP contribution in [0.15, 0.2) is 77.8 Å². The normalized spacial score (nSPS) is 11.4. The predicted octanol–water partition coefficient (Wildman–Crippen LogP) is 4.61. The van der Waals surface area contributed by atoms with Gasteiger partial charge in [0.2, 0.25) is 0 Å². The Hall–Kier alpha value is -2.86. The molecule has 28 heavy (non-hydrogen) atoms. The van der Waals surface area contributed by atoms with Crippen LogP contribution < -0.4 is 9.62 Å². The maximum atomic E-state index is 12.6. The second-order valence-electron chi connectivity index (χ2n) is 7.03. The van der Waals surface area contributed by atoms with E-state index in [1.807, 2.05) is 37.3 Å².